The van der Waals surface area contributed by atoms with Gasteiger partial charge >= 0.3 is 0 Å². The molecule has 2 heterocycles. The second-order valence-electron chi connectivity index (χ2n) is 19.2. The summed E-state index contributed by atoms with van der Waals surface area (Å²) in [6.07, 6.45) is 14.7. The van der Waals surface area contributed by atoms with Gasteiger partial charge < -0.3 is 20.0 Å². The highest BCUT2D eigenvalue weighted by Gasteiger charge is 2.51. The molecule has 3 aromatic carbocycles. The van der Waals surface area contributed by atoms with E-state index in [9.17, 15) is 19.8 Å². The maximum Gasteiger partial charge on any atom is 0.211 e. The number of unbranched alkanes of at least 4 members (excludes halogenated alkanes) is 5. The number of carbonyl (C=O) groups excluding carboxylic acids is 2. The van der Waals surface area contributed by atoms with E-state index in [4.69, 9.17) is 4.99 Å². The Morgan fingerprint density at radius 2 is 1.02 bits per heavy atom. The molecule has 64 heavy (non-hydrogen) atoms. The van der Waals surface area contributed by atoms with Crippen molar-refractivity contribution in [2.24, 2.45) is 4.99 Å². The fraction of sp³-hybridized carbons (Fsp3) is 0.464. The normalized spacial score (nSPS) is 18.5. The maximum absolute atomic E-state index is 14.0. The molecule has 0 aromatic heterocycles. The van der Waals surface area contributed by atoms with Gasteiger partial charge in [0.1, 0.15) is 18.1 Å². The molecule has 0 fully saturated rings. The number of fused-ring (bicyclic) bond motifs is 3. The second kappa shape index (κ2) is 19.3. The van der Waals surface area contributed by atoms with Crippen LogP contribution in [0.5, 0.6) is 0 Å². The summed E-state index contributed by atoms with van der Waals surface area (Å²) in [7, 11) is 0. The summed E-state index contributed by atoms with van der Waals surface area (Å²) in [5.74, 6) is -0.287. The number of benzene rings is 3. The lowest BCUT2D eigenvalue weighted by Gasteiger charge is -2.27. The van der Waals surface area contributed by atoms with Gasteiger partial charge in [-0.3, -0.25) is 14.6 Å². The van der Waals surface area contributed by atoms with Crippen molar-refractivity contribution in [1.82, 2.24) is 0 Å². The van der Waals surface area contributed by atoms with Crippen LogP contribution in [0, 0.1) is 0 Å². The van der Waals surface area contributed by atoms with Gasteiger partial charge in [-0.1, -0.05) is 105 Å². The van der Waals surface area contributed by atoms with Gasteiger partial charge in [0.2, 0.25) is 17.3 Å². The van der Waals surface area contributed by atoms with Crippen LogP contribution >= 0.6 is 0 Å². The average molecular weight is 864 g/mol. The number of ketones is 2. The molecule has 7 rings (SSSR count). The number of aliphatic hydroxyl groups is 2. The third-order valence-corrected chi connectivity index (χ3v) is 13.9. The summed E-state index contributed by atoms with van der Waals surface area (Å²) in [4.78, 5) is 37.9. The fourth-order valence-corrected chi connectivity index (χ4v) is 9.80. The van der Waals surface area contributed by atoms with Crippen LogP contribution in [0.25, 0.3) is 11.1 Å². The molecule has 0 radical (unpaired) electrons. The molecule has 0 spiro atoms. The SMILES string of the molecule is CCCCN(CCCC)c1ccc(C2=C(O)/C(=C/C3=Nc4c(ccc5c4C(C)(C)C(/C=C4\C(=O)C(c6ccc(N(CCCC)CCCC)cc6)=C4O)=[N+]5CCCC)C3(C)C)C2=O)cc1. The van der Waals surface area contributed by atoms with E-state index < -0.39 is 10.8 Å². The quantitative estimate of drug-likeness (QED) is 0.0818. The summed E-state index contributed by atoms with van der Waals surface area (Å²) >= 11 is 0. The smallest absolute Gasteiger partial charge is 0.211 e. The second-order valence-corrected chi connectivity index (χ2v) is 19.2. The van der Waals surface area contributed by atoms with Gasteiger partial charge in [-0.15, -0.1) is 0 Å². The molecule has 0 atom stereocenters. The van der Waals surface area contributed by atoms with Gasteiger partial charge in [-0.05, 0) is 92.6 Å². The molecule has 0 saturated carbocycles. The van der Waals surface area contributed by atoms with Crippen LogP contribution in [-0.4, -0.2) is 70.5 Å². The minimum atomic E-state index is -0.571. The molecule has 0 amide bonds. The van der Waals surface area contributed by atoms with Gasteiger partial charge in [0, 0.05) is 61.5 Å². The first kappa shape index (κ1) is 46.5. The van der Waals surface area contributed by atoms with Gasteiger partial charge in [-0.25, -0.2) is 0 Å². The van der Waals surface area contributed by atoms with Crippen molar-refractivity contribution in [3.8, 4) is 0 Å². The number of hydrogen-bond donors (Lipinski definition) is 2. The van der Waals surface area contributed by atoms with E-state index >= 15 is 0 Å². The first-order valence-corrected chi connectivity index (χ1v) is 24.3. The van der Waals surface area contributed by atoms with Crippen molar-refractivity contribution in [2.45, 2.75) is 137 Å². The Kier molecular flexibility index (Phi) is 14.0. The molecule has 0 unspecified atom stereocenters. The molecule has 0 bridgehead atoms. The maximum atomic E-state index is 14.0. The van der Waals surface area contributed by atoms with Crippen LogP contribution in [0.3, 0.4) is 0 Å². The zero-order valence-electron chi connectivity index (χ0n) is 40.0. The topological polar surface area (TPSA) is 96.5 Å². The Hall–Kier alpha value is -5.50. The zero-order valence-corrected chi connectivity index (χ0v) is 40.0. The minimum Gasteiger partial charge on any atom is -0.506 e. The van der Waals surface area contributed by atoms with Crippen LogP contribution in [-0.2, 0) is 20.4 Å². The lowest BCUT2D eigenvalue weighted by Crippen LogP contribution is -2.31. The fourth-order valence-electron chi connectivity index (χ4n) is 9.80. The number of aliphatic imine (C=N–C) groups is 1. The van der Waals surface area contributed by atoms with Gasteiger partial charge in [0.25, 0.3) is 0 Å². The Balaban J connectivity index is 1.18. The van der Waals surface area contributed by atoms with Crippen LogP contribution in [0.2, 0.25) is 0 Å². The number of hydrogen-bond acceptors (Lipinski definition) is 7. The number of rotatable bonds is 21. The number of aliphatic hydroxyl groups excluding tert-OH is 2. The minimum absolute atomic E-state index is 0.00818. The van der Waals surface area contributed by atoms with Crippen molar-refractivity contribution in [3.05, 3.63) is 118 Å². The van der Waals surface area contributed by atoms with Crippen molar-refractivity contribution in [3.63, 3.8) is 0 Å². The number of carbonyl (C=O) groups is 2. The molecule has 338 valence electrons. The van der Waals surface area contributed by atoms with Crippen molar-refractivity contribution in [2.75, 3.05) is 42.5 Å². The molecule has 8 nitrogen and oxygen atoms in total. The largest absolute Gasteiger partial charge is 0.506 e. The van der Waals surface area contributed by atoms with E-state index in [-0.39, 0.29) is 28.7 Å². The van der Waals surface area contributed by atoms with Gasteiger partial charge in [-0.2, -0.15) is 4.58 Å². The van der Waals surface area contributed by atoms with E-state index in [1.165, 1.54) is 0 Å². The van der Waals surface area contributed by atoms with Crippen LogP contribution in [0.4, 0.5) is 22.7 Å². The highest BCUT2D eigenvalue weighted by molar-refractivity contribution is 6.41. The summed E-state index contributed by atoms with van der Waals surface area (Å²) in [5.41, 5.74) is 9.62. The number of anilines is 2. The van der Waals surface area contributed by atoms with E-state index in [1.54, 1.807) is 6.08 Å². The summed E-state index contributed by atoms with van der Waals surface area (Å²) in [5, 5.41) is 23.0. The van der Waals surface area contributed by atoms with Crippen molar-refractivity contribution in [1.29, 1.82) is 0 Å². The van der Waals surface area contributed by atoms with Crippen LogP contribution in [0.1, 0.15) is 149 Å². The highest BCUT2D eigenvalue weighted by atomic mass is 16.3. The van der Waals surface area contributed by atoms with Crippen LogP contribution in [0.15, 0.2) is 100 Å². The first-order valence-electron chi connectivity index (χ1n) is 24.3. The predicted octanol–water partition coefficient (Wildman–Crippen LogP) is 13.0. The van der Waals surface area contributed by atoms with E-state index in [1.807, 2.05) is 30.3 Å². The summed E-state index contributed by atoms with van der Waals surface area (Å²) in [6.45, 7) is 24.3. The summed E-state index contributed by atoms with van der Waals surface area (Å²) < 4.78 is 2.30. The van der Waals surface area contributed by atoms with Gasteiger partial charge in [0.15, 0.2) is 5.71 Å². The summed E-state index contributed by atoms with van der Waals surface area (Å²) in [6, 6.07) is 20.4. The Bertz CT molecular complexity index is 2460. The molecule has 2 aliphatic heterocycles. The molecule has 8 heteroatoms. The monoisotopic (exact) mass is 864 g/mol. The Morgan fingerprint density at radius 1 is 0.578 bits per heavy atom. The van der Waals surface area contributed by atoms with E-state index in [2.05, 4.69) is 113 Å². The predicted molar refractivity (Wildman–Crippen MR) is 267 cm³/mol. The molecule has 4 aliphatic rings. The lowest BCUT2D eigenvalue weighted by atomic mass is 9.74. The molecular formula is C56H71N4O4+. The van der Waals surface area contributed by atoms with E-state index in [0.717, 1.165) is 153 Å². The van der Waals surface area contributed by atoms with Crippen molar-refractivity contribution < 1.29 is 24.4 Å². The Morgan fingerprint density at radius 3 is 1.44 bits per heavy atom. The zero-order chi connectivity index (χ0) is 45.9. The highest BCUT2D eigenvalue weighted by Crippen LogP contribution is 2.53. The molecule has 3 aromatic rings. The number of Topliss-reactive ketones (excluding diaryl/α,β-unsaturated/α-hetero) is 2. The number of allylic oxidation sites excluding steroid dienone is 6. The third kappa shape index (κ3) is 8.45. The molecular weight excluding hydrogens is 793 g/mol. The Labute approximate surface area is 382 Å². The molecule has 2 N–H and O–H groups in total. The van der Waals surface area contributed by atoms with Crippen molar-refractivity contribution >= 4 is 56.9 Å². The molecule has 0 saturated heterocycles. The average Bonchev–Trinajstić information content (AvgIpc) is 3.67. The third-order valence-electron chi connectivity index (χ3n) is 13.9. The van der Waals surface area contributed by atoms with Crippen LogP contribution < -0.4 is 9.80 Å². The van der Waals surface area contributed by atoms with E-state index in [0.29, 0.717) is 16.7 Å². The lowest BCUT2D eigenvalue weighted by molar-refractivity contribution is -0.438. The molecule has 2 aliphatic carbocycles. The van der Waals surface area contributed by atoms with Gasteiger partial charge in [0.05, 0.1) is 44.7 Å². The standard InChI is InChI=1S/C56H70N4O4/c1-10-15-30-58(31-16-11-2)39-24-20-37(21-25-39)47-51(61)41(52(47)62)35-45-55(6,7)43-28-29-44-49(50(43)57-45)56(8,9)46(60(44)34-19-14-5)36-42-53(63)48(54(42)64)38-22-26-40(27-23-38)59(32-17-12-3)33-18-13-4/h20-29,35-36H,10-19,30-34H2,1-9H3,(H-,61,62,63,64)/p+1. The first-order chi connectivity index (χ1) is 30.7. The number of nitrogens with zero attached hydrogens (tertiary/aromatic N) is 4.